The van der Waals surface area contributed by atoms with Gasteiger partial charge in [-0.15, -0.1) is 0 Å². The number of nitrogens with zero attached hydrogens (tertiary/aromatic N) is 2. The van der Waals surface area contributed by atoms with E-state index < -0.39 is 0 Å². The first kappa shape index (κ1) is 19.8. The molecule has 1 aliphatic heterocycles. The van der Waals surface area contributed by atoms with Crippen LogP contribution in [0.3, 0.4) is 0 Å². The van der Waals surface area contributed by atoms with Crippen LogP contribution in [0.1, 0.15) is 18.1 Å². The number of pyridine rings is 1. The van der Waals surface area contributed by atoms with Gasteiger partial charge in [-0.1, -0.05) is 6.07 Å². The van der Waals surface area contributed by atoms with Crippen molar-refractivity contribution in [3.8, 4) is 23.1 Å². The van der Waals surface area contributed by atoms with E-state index in [2.05, 4.69) is 4.98 Å². The zero-order chi connectivity index (χ0) is 21.1. The predicted molar refractivity (Wildman–Crippen MR) is 113 cm³/mol. The number of rotatable bonds is 7. The molecular formula is C23H24N2O5. The van der Waals surface area contributed by atoms with E-state index in [0.29, 0.717) is 43.5 Å². The maximum absolute atomic E-state index is 12.5. The highest BCUT2D eigenvalue weighted by atomic mass is 16.6. The Morgan fingerprint density at radius 3 is 2.67 bits per heavy atom. The number of amides is 1. The Kier molecular flexibility index (Phi) is 5.61. The molecule has 7 nitrogen and oxygen atoms in total. The molecule has 1 amide bonds. The quantitative estimate of drug-likeness (QED) is 0.583. The summed E-state index contributed by atoms with van der Waals surface area (Å²) >= 11 is 0. The Bertz CT molecular complexity index is 1080. The van der Waals surface area contributed by atoms with Crippen LogP contribution in [-0.2, 0) is 13.0 Å². The molecule has 0 atom stereocenters. The fourth-order valence-electron chi connectivity index (χ4n) is 3.53. The minimum Gasteiger partial charge on any atom is -0.494 e. The predicted octanol–water partition coefficient (Wildman–Crippen LogP) is 4.21. The van der Waals surface area contributed by atoms with Gasteiger partial charge in [0, 0.05) is 17.5 Å². The lowest BCUT2D eigenvalue weighted by Crippen LogP contribution is -2.38. The van der Waals surface area contributed by atoms with Crippen molar-refractivity contribution in [2.24, 2.45) is 0 Å². The van der Waals surface area contributed by atoms with Crippen molar-refractivity contribution in [3.63, 3.8) is 0 Å². The summed E-state index contributed by atoms with van der Waals surface area (Å²) < 4.78 is 21.7. The van der Waals surface area contributed by atoms with Crippen molar-refractivity contribution in [1.29, 1.82) is 0 Å². The fourth-order valence-corrected chi connectivity index (χ4v) is 3.53. The van der Waals surface area contributed by atoms with Crippen LogP contribution in [0.25, 0.3) is 10.9 Å². The number of methoxy groups -OCH3 is 2. The molecule has 30 heavy (non-hydrogen) atoms. The third-order valence-corrected chi connectivity index (χ3v) is 5.06. The Morgan fingerprint density at radius 1 is 1.07 bits per heavy atom. The van der Waals surface area contributed by atoms with Crippen molar-refractivity contribution in [3.05, 3.63) is 53.6 Å². The molecule has 0 spiro atoms. The number of benzene rings is 2. The van der Waals surface area contributed by atoms with E-state index in [1.54, 1.807) is 19.1 Å². The maximum Gasteiger partial charge on any atom is 0.416 e. The van der Waals surface area contributed by atoms with E-state index in [-0.39, 0.29) is 6.09 Å². The van der Waals surface area contributed by atoms with E-state index in [1.165, 1.54) is 0 Å². The Morgan fingerprint density at radius 2 is 1.90 bits per heavy atom. The number of carbonyl (C=O) groups is 1. The zero-order valence-corrected chi connectivity index (χ0v) is 17.3. The van der Waals surface area contributed by atoms with Crippen LogP contribution in [-0.4, -0.2) is 43.3 Å². The smallest absolute Gasteiger partial charge is 0.416 e. The molecule has 1 aliphatic rings. The highest BCUT2D eigenvalue weighted by Crippen LogP contribution is 2.31. The van der Waals surface area contributed by atoms with E-state index in [4.69, 9.17) is 18.9 Å². The van der Waals surface area contributed by atoms with Crippen LogP contribution in [0.4, 0.5) is 4.79 Å². The van der Waals surface area contributed by atoms with Crippen LogP contribution in [0.2, 0.25) is 0 Å². The minimum absolute atomic E-state index is 0.374. The molecule has 0 fully saturated rings. The van der Waals surface area contributed by atoms with Gasteiger partial charge >= 0.3 is 6.09 Å². The minimum atomic E-state index is -0.388. The van der Waals surface area contributed by atoms with Gasteiger partial charge in [-0.3, -0.25) is 0 Å². The lowest BCUT2D eigenvalue weighted by atomic mass is 10.1. The average molecular weight is 408 g/mol. The van der Waals surface area contributed by atoms with Crippen LogP contribution >= 0.6 is 0 Å². The van der Waals surface area contributed by atoms with Crippen molar-refractivity contribution in [2.45, 2.75) is 19.9 Å². The number of fused-ring (bicyclic) bond motifs is 2. The first-order chi connectivity index (χ1) is 14.6. The zero-order valence-electron chi connectivity index (χ0n) is 17.3. The third-order valence-electron chi connectivity index (χ3n) is 5.06. The van der Waals surface area contributed by atoms with Gasteiger partial charge in [0.1, 0.15) is 5.75 Å². The molecule has 1 aromatic heterocycles. The van der Waals surface area contributed by atoms with Crippen molar-refractivity contribution >= 4 is 17.0 Å². The molecule has 0 N–H and O–H groups in total. The number of ether oxygens (including phenoxy) is 4. The summed E-state index contributed by atoms with van der Waals surface area (Å²) in [5.74, 6) is 2.52. The third kappa shape index (κ3) is 3.96. The van der Waals surface area contributed by atoms with Gasteiger partial charge in [-0.05, 0) is 55.3 Å². The summed E-state index contributed by atoms with van der Waals surface area (Å²) in [4.78, 5) is 18.7. The second-order valence-electron chi connectivity index (χ2n) is 6.97. The number of carbonyl (C=O) groups excluding carboxylic acids is 1. The van der Waals surface area contributed by atoms with Crippen LogP contribution in [0.5, 0.6) is 23.1 Å². The summed E-state index contributed by atoms with van der Waals surface area (Å²) in [6.07, 6.45) is 0.279. The van der Waals surface area contributed by atoms with Gasteiger partial charge in [0.2, 0.25) is 5.88 Å². The topological polar surface area (TPSA) is 70.1 Å². The summed E-state index contributed by atoms with van der Waals surface area (Å²) in [5, 5.41) is 0.956. The Labute approximate surface area is 175 Å². The largest absolute Gasteiger partial charge is 0.494 e. The van der Waals surface area contributed by atoms with Gasteiger partial charge < -0.3 is 23.8 Å². The molecule has 0 aliphatic carbocycles. The second-order valence-corrected chi connectivity index (χ2v) is 6.97. The summed E-state index contributed by atoms with van der Waals surface area (Å²) in [5.41, 5.74) is 2.69. The van der Waals surface area contributed by atoms with Crippen LogP contribution < -0.4 is 18.9 Å². The Balaban J connectivity index is 1.51. The molecule has 0 unspecified atom stereocenters. The number of aromatic nitrogens is 1. The molecular weight excluding hydrogens is 384 g/mol. The van der Waals surface area contributed by atoms with Crippen molar-refractivity contribution in [1.82, 2.24) is 9.88 Å². The van der Waals surface area contributed by atoms with Crippen LogP contribution in [0.15, 0.2) is 42.5 Å². The molecule has 156 valence electrons. The van der Waals surface area contributed by atoms with Gasteiger partial charge in [0.25, 0.3) is 0 Å². The summed E-state index contributed by atoms with van der Waals surface area (Å²) in [7, 11) is 3.21. The van der Waals surface area contributed by atoms with Gasteiger partial charge in [0.05, 0.1) is 32.9 Å². The van der Waals surface area contributed by atoms with Crippen molar-refractivity contribution in [2.75, 3.05) is 27.4 Å². The SMILES string of the molecule is CCOc1ccc2nc3c(cc2c1)CN(CCc1ccc(OC)c(OC)c1)C(=O)O3. The van der Waals surface area contributed by atoms with Gasteiger partial charge in [0.15, 0.2) is 11.5 Å². The van der Waals surface area contributed by atoms with E-state index in [1.807, 2.05) is 49.4 Å². The number of hydrogen-bond donors (Lipinski definition) is 0. The maximum atomic E-state index is 12.5. The lowest BCUT2D eigenvalue weighted by molar-refractivity contribution is 0.137. The lowest BCUT2D eigenvalue weighted by Gasteiger charge is -2.27. The summed E-state index contributed by atoms with van der Waals surface area (Å²) in [6, 6.07) is 13.5. The van der Waals surface area contributed by atoms with E-state index in [0.717, 1.165) is 27.8 Å². The standard InChI is InChI=1S/C23H24N2O5/c1-4-29-18-6-7-19-16(13-18)12-17-14-25(23(26)30-22(17)24-19)10-9-15-5-8-20(27-2)21(11-15)28-3/h5-8,11-13H,4,9-10,14H2,1-3H3. The normalized spacial score (nSPS) is 13.0. The Hall–Kier alpha value is -3.48. The molecule has 3 aromatic rings. The molecule has 0 bridgehead atoms. The average Bonchev–Trinajstić information content (AvgIpc) is 2.76. The molecule has 0 saturated heterocycles. The molecule has 0 saturated carbocycles. The first-order valence-electron chi connectivity index (χ1n) is 9.85. The highest BCUT2D eigenvalue weighted by Gasteiger charge is 2.26. The second kappa shape index (κ2) is 8.49. The molecule has 0 radical (unpaired) electrons. The monoisotopic (exact) mass is 408 g/mol. The fraction of sp³-hybridized carbons (Fsp3) is 0.304. The molecule has 2 heterocycles. The van der Waals surface area contributed by atoms with Gasteiger partial charge in [-0.2, -0.15) is 0 Å². The van der Waals surface area contributed by atoms with E-state index in [9.17, 15) is 4.79 Å². The van der Waals surface area contributed by atoms with Gasteiger partial charge in [-0.25, -0.2) is 9.78 Å². The highest BCUT2D eigenvalue weighted by molar-refractivity contribution is 5.83. The molecule has 7 heteroatoms. The number of hydrogen-bond acceptors (Lipinski definition) is 6. The van der Waals surface area contributed by atoms with E-state index >= 15 is 0 Å². The van der Waals surface area contributed by atoms with Crippen molar-refractivity contribution < 1.29 is 23.7 Å². The molecule has 4 rings (SSSR count). The first-order valence-corrected chi connectivity index (χ1v) is 9.85. The molecule has 2 aromatic carbocycles. The summed E-state index contributed by atoms with van der Waals surface area (Å²) in [6.45, 7) is 3.52. The van der Waals surface area contributed by atoms with Crippen LogP contribution in [0, 0.1) is 0 Å².